The average molecular weight is 228 g/mol. The minimum atomic E-state index is -0.183. The molecule has 1 saturated carbocycles. The van der Waals surface area contributed by atoms with Gasteiger partial charge in [-0.1, -0.05) is 6.92 Å². The van der Waals surface area contributed by atoms with Gasteiger partial charge >= 0.3 is 0 Å². The van der Waals surface area contributed by atoms with Gasteiger partial charge in [0, 0.05) is 31.2 Å². The number of nitrogens with one attached hydrogen (secondary N) is 1. The number of piperazine rings is 1. The molecule has 1 aliphatic heterocycles. The van der Waals surface area contributed by atoms with Crippen molar-refractivity contribution in [3.63, 3.8) is 0 Å². The molecule has 1 saturated heterocycles. The quantitative estimate of drug-likeness (QED) is 0.776. The molecule has 16 heavy (non-hydrogen) atoms. The van der Waals surface area contributed by atoms with Crippen molar-refractivity contribution >= 4 is 0 Å². The minimum absolute atomic E-state index is 0.183. The standard InChI is InChI=1S/C13H25FN2/c1-3-13(2)10-15-12(11-5-6-11)9-16(13)8-4-7-14/h11-12,15H,3-10H2,1-2H3. The highest BCUT2D eigenvalue weighted by Crippen LogP contribution is 2.36. The van der Waals surface area contributed by atoms with Crippen molar-refractivity contribution in [2.45, 2.75) is 51.1 Å². The van der Waals surface area contributed by atoms with Crippen molar-refractivity contribution in [2.24, 2.45) is 5.92 Å². The molecule has 2 nitrogen and oxygen atoms in total. The van der Waals surface area contributed by atoms with Crippen molar-refractivity contribution in [3.05, 3.63) is 0 Å². The van der Waals surface area contributed by atoms with Crippen LogP contribution in [-0.4, -0.2) is 42.8 Å². The maximum Gasteiger partial charge on any atom is 0.0906 e. The molecule has 1 N–H and O–H groups in total. The third kappa shape index (κ3) is 2.57. The van der Waals surface area contributed by atoms with Crippen LogP contribution in [0.5, 0.6) is 0 Å². The van der Waals surface area contributed by atoms with Gasteiger partial charge in [0.1, 0.15) is 0 Å². The van der Waals surface area contributed by atoms with E-state index in [4.69, 9.17) is 0 Å². The van der Waals surface area contributed by atoms with E-state index in [1.54, 1.807) is 0 Å². The topological polar surface area (TPSA) is 15.3 Å². The van der Waals surface area contributed by atoms with Crippen LogP contribution in [0.25, 0.3) is 0 Å². The Labute approximate surface area is 98.6 Å². The van der Waals surface area contributed by atoms with E-state index in [1.807, 2.05) is 0 Å². The Morgan fingerprint density at radius 2 is 2.19 bits per heavy atom. The van der Waals surface area contributed by atoms with Crippen LogP contribution in [0.15, 0.2) is 0 Å². The van der Waals surface area contributed by atoms with Gasteiger partial charge in [-0.05, 0) is 38.5 Å². The molecule has 1 aliphatic carbocycles. The Morgan fingerprint density at radius 3 is 2.75 bits per heavy atom. The van der Waals surface area contributed by atoms with Gasteiger partial charge in [-0.25, -0.2) is 0 Å². The predicted octanol–water partition coefficient (Wildman–Crippen LogP) is 2.20. The lowest BCUT2D eigenvalue weighted by molar-refractivity contribution is 0.0417. The van der Waals surface area contributed by atoms with Crippen LogP contribution >= 0.6 is 0 Å². The van der Waals surface area contributed by atoms with Gasteiger partial charge in [-0.2, -0.15) is 0 Å². The first kappa shape index (κ1) is 12.3. The zero-order chi connectivity index (χ0) is 11.6. The number of halogens is 1. The van der Waals surface area contributed by atoms with E-state index in [-0.39, 0.29) is 12.2 Å². The number of hydrogen-bond acceptors (Lipinski definition) is 2. The number of hydrogen-bond donors (Lipinski definition) is 1. The molecule has 0 spiro atoms. The number of alkyl halides is 1. The van der Waals surface area contributed by atoms with Gasteiger partial charge in [0.15, 0.2) is 0 Å². The van der Waals surface area contributed by atoms with Gasteiger partial charge in [0.25, 0.3) is 0 Å². The average Bonchev–Trinajstić information content (AvgIpc) is 3.12. The fourth-order valence-corrected chi connectivity index (χ4v) is 2.76. The summed E-state index contributed by atoms with van der Waals surface area (Å²) in [4.78, 5) is 2.52. The molecule has 2 atom stereocenters. The predicted molar refractivity (Wildman–Crippen MR) is 65.4 cm³/mol. The first-order chi connectivity index (χ1) is 7.69. The molecular formula is C13H25FN2. The van der Waals surface area contributed by atoms with Crippen LogP contribution in [0.3, 0.4) is 0 Å². The maximum atomic E-state index is 12.3. The molecule has 3 heteroatoms. The Bertz CT molecular complexity index is 230. The summed E-state index contributed by atoms with van der Waals surface area (Å²) in [5.41, 5.74) is 0.237. The van der Waals surface area contributed by atoms with E-state index in [9.17, 15) is 4.39 Å². The Kier molecular flexibility index (Phi) is 3.85. The zero-order valence-electron chi connectivity index (χ0n) is 10.6. The highest BCUT2D eigenvalue weighted by molar-refractivity contribution is 4.99. The van der Waals surface area contributed by atoms with Crippen molar-refractivity contribution in [1.82, 2.24) is 10.2 Å². The second-order valence-corrected chi connectivity index (χ2v) is 5.66. The van der Waals surface area contributed by atoms with Gasteiger partial charge in [0.05, 0.1) is 6.67 Å². The lowest BCUT2D eigenvalue weighted by atomic mass is 9.91. The van der Waals surface area contributed by atoms with Crippen LogP contribution in [-0.2, 0) is 0 Å². The summed E-state index contributed by atoms with van der Waals surface area (Å²) in [6.07, 6.45) is 4.60. The van der Waals surface area contributed by atoms with Crippen molar-refractivity contribution in [2.75, 3.05) is 26.3 Å². The van der Waals surface area contributed by atoms with Crippen LogP contribution in [0.1, 0.15) is 39.5 Å². The molecule has 2 fully saturated rings. The monoisotopic (exact) mass is 228 g/mol. The first-order valence-corrected chi connectivity index (χ1v) is 6.74. The van der Waals surface area contributed by atoms with E-state index in [1.165, 1.54) is 12.8 Å². The van der Waals surface area contributed by atoms with E-state index < -0.39 is 0 Å². The summed E-state index contributed by atoms with van der Waals surface area (Å²) in [5.74, 6) is 0.897. The molecule has 0 aromatic heterocycles. The number of nitrogens with zero attached hydrogens (tertiary/aromatic N) is 1. The first-order valence-electron chi connectivity index (χ1n) is 6.74. The van der Waals surface area contributed by atoms with Gasteiger partial charge in [0.2, 0.25) is 0 Å². The van der Waals surface area contributed by atoms with Crippen molar-refractivity contribution < 1.29 is 4.39 Å². The normalized spacial score (nSPS) is 36.6. The highest BCUT2D eigenvalue weighted by Gasteiger charge is 2.41. The van der Waals surface area contributed by atoms with Crippen LogP contribution in [0, 0.1) is 5.92 Å². The molecule has 0 aromatic carbocycles. The fourth-order valence-electron chi connectivity index (χ4n) is 2.76. The molecule has 2 aliphatic rings. The van der Waals surface area contributed by atoms with Crippen molar-refractivity contribution in [1.29, 1.82) is 0 Å². The smallest absolute Gasteiger partial charge is 0.0906 e. The van der Waals surface area contributed by atoms with Crippen LogP contribution in [0.2, 0.25) is 0 Å². The Balaban J connectivity index is 1.94. The fraction of sp³-hybridized carbons (Fsp3) is 1.00. The van der Waals surface area contributed by atoms with E-state index in [2.05, 4.69) is 24.1 Å². The molecule has 2 rings (SSSR count). The summed E-state index contributed by atoms with van der Waals surface area (Å²) in [6, 6.07) is 0.666. The molecule has 1 heterocycles. The third-order valence-corrected chi connectivity index (χ3v) is 4.44. The molecule has 0 radical (unpaired) electrons. The number of rotatable bonds is 5. The van der Waals surface area contributed by atoms with Crippen LogP contribution in [0.4, 0.5) is 4.39 Å². The highest BCUT2D eigenvalue weighted by atomic mass is 19.1. The Hall–Kier alpha value is -0.150. The molecular weight excluding hydrogens is 203 g/mol. The molecule has 0 aromatic rings. The van der Waals surface area contributed by atoms with E-state index in [0.717, 1.165) is 32.0 Å². The van der Waals surface area contributed by atoms with Gasteiger partial charge in [-0.15, -0.1) is 0 Å². The molecule has 0 bridgehead atoms. The molecule has 94 valence electrons. The Morgan fingerprint density at radius 1 is 1.44 bits per heavy atom. The van der Waals surface area contributed by atoms with Gasteiger partial charge < -0.3 is 5.32 Å². The lowest BCUT2D eigenvalue weighted by Crippen LogP contribution is -2.63. The van der Waals surface area contributed by atoms with E-state index in [0.29, 0.717) is 12.5 Å². The maximum absolute atomic E-state index is 12.3. The molecule has 0 amide bonds. The summed E-state index contributed by atoms with van der Waals surface area (Å²) >= 11 is 0. The SMILES string of the molecule is CCC1(C)CNC(C2CC2)CN1CCCF. The largest absolute Gasteiger partial charge is 0.311 e. The summed E-state index contributed by atoms with van der Waals surface area (Å²) in [5, 5.41) is 3.69. The van der Waals surface area contributed by atoms with Crippen molar-refractivity contribution in [3.8, 4) is 0 Å². The summed E-state index contributed by atoms with van der Waals surface area (Å²) in [6.45, 7) is 7.47. The summed E-state index contributed by atoms with van der Waals surface area (Å²) < 4.78 is 12.3. The summed E-state index contributed by atoms with van der Waals surface area (Å²) in [7, 11) is 0. The van der Waals surface area contributed by atoms with E-state index >= 15 is 0 Å². The van der Waals surface area contributed by atoms with Gasteiger partial charge in [-0.3, -0.25) is 9.29 Å². The lowest BCUT2D eigenvalue weighted by Gasteiger charge is -2.48. The molecule has 2 unspecified atom stereocenters. The third-order valence-electron chi connectivity index (χ3n) is 4.44. The van der Waals surface area contributed by atoms with Crippen LogP contribution < -0.4 is 5.32 Å². The second-order valence-electron chi connectivity index (χ2n) is 5.66. The second kappa shape index (κ2) is 5.01. The zero-order valence-corrected chi connectivity index (χ0v) is 10.6. The minimum Gasteiger partial charge on any atom is -0.311 e.